The van der Waals surface area contributed by atoms with Crippen molar-refractivity contribution in [3.8, 4) is 0 Å². The van der Waals surface area contributed by atoms with Gasteiger partial charge in [0.05, 0.1) is 0 Å². The molecule has 0 aliphatic rings. The third-order valence-corrected chi connectivity index (χ3v) is 3.59. The first-order chi connectivity index (χ1) is 7.93. The fraction of sp³-hybridized carbons (Fsp3) is 0.167. The van der Waals surface area contributed by atoms with Crippen molar-refractivity contribution in [3.05, 3.63) is 39.0 Å². The molecule has 0 fully saturated rings. The van der Waals surface area contributed by atoms with Crippen molar-refractivity contribution < 1.29 is 14.7 Å². The van der Waals surface area contributed by atoms with E-state index in [9.17, 15) is 9.59 Å². The molecular formula is C12H10ClIO3. The van der Waals surface area contributed by atoms with Gasteiger partial charge in [0.2, 0.25) is 0 Å². The summed E-state index contributed by atoms with van der Waals surface area (Å²) < 4.78 is 0.851. The van der Waals surface area contributed by atoms with Gasteiger partial charge in [-0.1, -0.05) is 12.1 Å². The molecular weight excluding hydrogens is 354 g/mol. The average molecular weight is 365 g/mol. The Morgan fingerprint density at radius 1 is 1.47 bits per heavy atom. The number of rotatable bonds is 4. The number of halogens is 2. The molecule has 1 aromatic carbocycles. The number of aliphatic carboxylic acids is 1. The van der Waals surface area contributed by atoms with Crippen LogP contribution in [0.25, 0.3) is 6.08 Å². The Bertz CT molecular complexity index is 483. The van der Waals surface area contributed by atoms with Crippen LogP contribution in [0.4, 0.5) is 0 Å². The Hall–Kier alpha value is -0.880. The Morgan fingerprint density at radius 3 is 2.65 bits per heavy atom. The van der Waals surface area contributed by atoms with Gasteiger partial charge in [0, 0.05) is 9.65 Å². The summed E-state index contributed by atoms with van der Waals surface area (Å²) in [5.41, 5.74) is 1.30. The van der Waals surface area contributed by atoms with Crippen LogP contribution in [-0.2, 0) is 9.59 Å². The summed E-state index contributed by atoms with van der Waals surface area (Å²) in [4.78, 5) is 21.8. The van der Waals surface area contributed by atoms with Crippen molar-refractivity contribution in [1.82, 2.24) is 0 Å². The van der Waals surface area contributed by atoms with Gasteiger partial charge in [0.25, 0.3) is 0 Å². The first kappa shape index (κ1) is 14.2. The van der Waals surface area contributed by atoms with E-state index in [4.69, 9.17) is 16.7 Å². The standard InChI is InChI=1S/C12H10ClIO3/c1-7(15)12(13)9-3-2-4-10(14)8(9)5-6-11(16)17/h2-6,12H,1H3,(H,16,17). The average Bonchev–Trinajstić information content (AvgIpc) is 2.25. The number of ketones is 1. The lowest BCUT2D eigenvalue weighted by atomic mass is 10.0. The maximum absolute atomic E-state index is 11.3. The Morgan fingerprint density at radius 2 is 2.12 bits per heavy atom. The van der Waals surface area contributed by atoms with Crippen LogP contribution < -0.4 is 0 Å². The summed E-state index contributed by atoms with van der Waals surface area (Å²) in [6.07, 6.45) is 2.49. The summed E-state index contributed by atoms with van der Waals surface area (Å²) in [5.74, 6) is -1.21. The van der Waals surface area contributed by atoms with Crippen LogP contribution in [-0.4, -0.2) is 16.9 Å². The molecule has 17 heavy (non-hydrogen) atoms. The highest BCUT2D eigenvalue weighted by atomic mass is 127. The molecule has 0 bridgehead atoms. The van der Waals surface area contributed by atoms with Crippen molar-refractivity contribution in [1.29, 1.82) is 0 Å². The van der Waals surface area contributed by atoms with Gasteiger partial charge < -0.3 is 5.11 Å². The minimum absolute atomic E-state index is 0.168. The van der Waals surface area contributed by atoms with Crippen LogP contribution >= 0.6 is 34.2 Å². The highest BCUT2D eigenvalue weighted by molar-refractivity contribution is 14.1. The fourth-order valence-corrected chi connectivity index (χ4v) is 2.21. The molecule has 90 valence electrons. The van der Waals surface area contributed by atoms with Gasteiger partial charge >= 0.3 is 5.97 Å². The first-order valence-electron chi connectivity index (χ1n) is 4.77. The van der Waals surface area contributed by atoms with E-state index in [0.717, 1.165) is 9.65 Å². The number of hydrogen-bond donors (Lipinski definition) is 1. The van der Waals surface area contributed by atoms with Gasteiger partial charge in [-0.2, -0.15) is 0 Å². The number of carbonyl (C=O) groups is 2. The zero-order chi connectivity index (χ0) is 13.0. The zero-order valence-corrected chi connectivity index (χ0v) is 11.9. The summed E-state index contributed by atoms with van der Waals surface area (Å²) >= 11 is 8.07. The van der Waals surface area contributed by atoms with Gasteiger partial charge in [-0.05, 0) is 52.8 Å². The highest BCUT2D eigenvalue weighted by Gasteiger charge is 2.17. The van der Waals surface area contributed by atoms with E-state index in [-0.39, 0.29) is 5.78 Å². The first-order valence-corrected chi connectivity index (χ1v) is 6.29. The number of alkyl halides is 1. The van der Waals surface area contributed by atoms with E-state index in [1.165, 1.54) is 13.0 Å². The SMILES string of the molecule is CC(=O)C(Cl)c1cccc(I)c1C=CC(=O)O. The normalized spacial score (nSPS) is 12.6. The van der Waals surface area contributed by atoms with E-state index in [2.05, 4.69) is 22.6 Å². The fourth-order valence-electron chi connectivity index (χ4n) is 1.32. The molecule has 0 aliphatic heterocycles. The van der Waals surface area contributed by atoms with Gasteiger partial charge in [-0.15, -0.1) is 11.6 Å². The lowest BCUT2D eigenvalue weighted by Gasteiger charge is -2.11. The molecule has 0 heterocycles. The third kappa shape index (κ3) is 3.81. The Labute approximate surface area is 118 Å². The van der Waals surface area contributed by atoms with Crippen LogP contribution in [0.15, 0.2) is 24.3 Å². The van der Waals surface area contributed by atoms with Crippen LogP contribution in [0.2, 0.25) is 0 Å². The maximum Gasteiger partial charge on any atom is 0.328 e. The Kier molecular flexibility index (Phi) is 5.14. The van der Waals surface area contributed by atoms with Gasteiger partial charge in [-0.3, -0.25) is 4.79 Å². The van der Waals surface area contributed by atoms with Crippen LogP contribution in [0.1, 0.15) is 23.4 Å². The van der Waals surface area contributed by atoms with Crippen LogP contribution in [0.3, 0.4) is 0 Å². The molecule has 3 nitrogen and oxygen atoms in total. The second-order valence-electron chi connectivity index (χ2n) is 3.39. The molecule has 1 unspecified atom stereocenters. The third-order valence-electron chi connectivity index (χ3n) is 2.11. The molecule has 1 rings (SSSR count). The van der Waals surface area contributed by atoms with Gasteiger partial charge in [0.15, 0.2) is 5.78 Å². The monoisotopic (exact) mass is 364 g/mol. The molecule has 0 saturated heterocycles. The number of carboxylic acids is 1. The van der Waals surface area contributed by atoms with Crippen molar-refractivity contribution in [3.63, 3.8) is 0 Å². The molecule has 0 aromatic heterocycles. The molecule has 0 aliphatic carbocycles. The van der Waals surface area contributed by atoms with E-state index in [1.54, 1.807) is 12.1 Å². The number of carbonyl (C=O) groups excluding carboxylic acids is 1. The topological polar surface area (TPSA) is 54.4 Å². The van der Waals surface area contributed by atoms with E-state index in [1.807, 2.05) is 6.07 Å². The molecule has 0 radical (unpaired) electrons. The summed E-state index contributed by atoms with van der Waals surface area (Å²) in [7, 11) is 0. The molecule has 5 heteroatoms. The van der Waals surface area contributed by atoms with Crippen LogP contribution in [0.5, 0.6) is 0 Å². The number of carboxylic acid groups (broad SMARTS) is 1. The maximum atomic E-state index is 11.3. The molecule has 0 amide bonds. The summed E-state index contributed by atoms with van der Waals surface area (Å²) in [5, 5.41) is 7.86. The molecule has 0 saturated carbocycles. The highest BCUT2D eigenvalue weighted by Crippen LogP contribution is 2.29. The minimum Gasteiger partial charge on any atom is -0.478 e. The van der Waals surface area contributed by atoms with E-state index >= 15 is 0 Å². The van der Waals surface area contributed by atoms with Crippen molar-refractivity contribution in [2.45, 2.75) is 12.3 Å². The lowest BCUT2D eigenvalue weighted by molar-refractivity contribution is -0.131. The Balaban J connectivity index is 3.26. The lowest BCUT2D eigenvalue weighted by Crippen LogP contribution is -2.04. The second kappa shape index (κ2) is 6.16. The zero-order valence-electron chi connectivity index (χ0n) is 8.98. The number of Topliss-reactive ketones (excluding diaryl/α,β-unsaturated/α-hetero) is 1. The van der Waals surface area contributed by atoms with E-state index in [0.29, 0.717) is 11.1 Å². The van der Waals surface area contributed by atoms with Crippen molar-refractivity contribution in [2.75, 3.05) is 0 Å². The largest absolute Gasteiger partial charge is 0.478 e. The second-order valence-corrected chi connectivity index (χ2v) is 4.99. The minimum atomic E-state index is -1.04. The predicted octanol–water partition coefficient (Wildman–Crippen LogP) is 3.26. The quantitative estimate of drug-likeness (QED) is 0.507. The smallest absolute Gasteiger partial charge is 0.328 e. The predicted molar refractivity (Wildman–Crippen MR) is 75.1 cm³/mol. The molecule has 1 atom stereocenters. The van der Waals surface area contributed by atoms with Crippen LogP contribution in [0, 0.1) is 3.57 Å². The number of hydrogen-bond acceptors (Lipinski definition) is 2. The molecule has 0 spiro atoms. The van der Waals surface area contributed by atoms with Crippen molar-refractivity contribution in [2.24, 2.45) is 0 Å². The summed E-state index contributed by atoms with van der Waals surface area (Å²) in [6.45, 7) is 1.40. The summed E-state index contributed by atoms with van der Waals surface area (Å²) in [6, 6.07) is 5.34. The van der Waals surface area contributed by atoms with E-state index < -0.39 is 11.3 Å². The molecule has 1 aromatic rings. The van der Waals surface area contributed by atoms with Crippen molar-refractivity contribution >= 4 is 52.0 Å². The number of benzene rings is 1. The molecule has 1 N–H and O–H groups in total. The van der Waals surface area contributed by atoms with Gasteiger partial charge in [0.1, 0.15) is 5.38 Å². The van der Waals surface area contributed by atoms with Gasteiger partial charge in [-0.25, -0.2) is 4.79 Å².